The molecule has 0 unspecified atom stereocenters. The average Bonchev–Trinajstić information content (AvgIpc) is 3.01. The standard InChI is InChI=1S/C14H13N3O2S/c1-2-19-13(18)10-8-20-14-16-11(12(15)17(10)14)9-6-4-3-5-7-9/h3-8H,2,15H2,1H3. The van der Waals surface area contributed by atoms with Crippen molar-refractivity contribution in [1.82, 2.24) is 9.38 Å². The molecule has 0 spiro atoms. The Kier molecular flexibility index (Phi) is 3.15. The van der Waals surface area contributed by atoms with E-state index in [4.69, 9.17) is 10.5 Å². The van der Waals surface area contributed by atoms with Gasteiger partial charge >= 0.3 is 5.97 Å². The fourth-order valence-corrected chi connectivity index (χ4v) is 2.90. The van der Waals surface area contributed by atoms with Crippen LogP contribution in [0.15, 0.2) is 35.7 Å². The molecule has 0 atom stereocenters. The molecule has 102 valence electrons. The number of nitrogens with two attached hydrogens (primary N) is 1. The Balaban J connectivity index is 2.15. The highest BCUT2D eigenvalue weighted by Gasteiger charge is 2.20. The molecule has 0 aliphatic heterocycles. The van der Waals surface area contributed by atoms with Crippen molar-refractivity contribution < 1.29 is 9.53 Å². The molecule has 2 heterocycles. The van der Waals surface area contributed by atoms with E-state index in [9.17, 15) is 4.79 Å². The summed E-state index contributed by atoms with van der Waals surface area (Å²) in [5.41, 5.74) is 8.18. The number of esters is 1. The van der Waals surface area contributed by atoms with Gasteiger partial charge < -0.3 is 10.5 Å². The molecule has 0 aliphatic rings. The van der Waals surface area contributed by atoms with Crippen molar-refractivity contribution in [3.05, 3.63) is 41.4 Å². The number of carbonyl (C=O) groups is 1. The van der Waals surface area contributed by atoms with Crippen LogP contribution < -0.4 is 5.73 Å². The Labute approximate surface area is 119 Å². The van der Waals surface area contributed by atoms with Gasteiger partial charge in [0, 0.05) is 10.9 Å². The molecule has 0 amide bonds. The average molecular weight is 287 g/mol. The number of imidazole rings is 1. The Morgan fingerprint density at radius 2 is 2.15 bits per heavy atom. The zero-order valence-corrected chi connectivity index (χ0v) is 11.7. The lowest BCUT2D eigenvalue weighted by Crippen LogP contribution is -2.09. The van der Waals surface area contributed by atoms with Crippen molar-refractivity contribution in [2.24, 2.45) is 0 Å². The van der Waals surface area contributed by atoms with Crippen LogP contribution in [0.2, 0.25) is 0 Å². The van der Waals surface area contributed by atoms with Gasteiger partial charge in [0.2, 0.25) is 0 Å². The first-order valence-electron chi connectivity index (χ1n) is 6.20. The topological polar surface area (TPSA) is 69.6 Å². The molecular weight excluding hydrogens is 274 g/mol. The van der Waals surface area contributed by atoms with Crippen molar-refractivity contribution in [1.29, 1.82) is 0 Å². The molecule has 3 aromatic rings. The van der Waals surface area contributed by atoms with Gasteiger partial charge in [-0.25, -0.2) is 9.78 Å². The van der Waals surface area contributed by atoms with Gasteiger partial charge in [0.15, 0.2) is 4.96 Å². The number of hydrogen-bond donors (Lipinski definition) is 1. The molecule has 6 heteroatoms. The summed E-state index contributed by atoms with van der Waals surface area (Å²) in [4.78, 5) is 17.1. The van der Waals surface area contributed by atoms with Crippen molar-refractivity contribution in [3.8, 4) is 11.3 Å². The summed E-state index contributed by atoms with van der Waals surface area (Å²) in [6.07, 6.45) is 0. The van der Waals surface area contributed by atoms with Crippen LogP contribution in [0.3, 0.4) is 0 Å². The van der Waals surface area contributed by atoms with Gasteiger partial charge in [-0.05, 0) is 6.92 Å². The van der Waals surface area contributed by atoms with Crippen LogP contribution in [0.5, 0.6) is 0 Å². The van der Waals surface area contributed by atoms with Crippen LogP contribution in [0.1, 0.15) is 17.4 Å². The molecule has 2 aromatic heterocycles. The Bertz CT molecular complexity index is 761. The highest BCUT2D eigenvalue weighted by molar-refractivity contribution is 7.15. The minimum Gasteiger partial charge on any atom is -0.461 e. The zero-order valence-electron chi connectivity index (χ0n) is 10.9. The number of hydrogen-bond acceptors (Lipinski definition) is 5. The Morgan fingerprint density at radius 3 is 2.85 bits per heavy atom. The van der Waals surface area contributed by atoms with E-state index in [1.807, 2.05) is 30.3 Å². The zero-order chi connectivity index (χ0) is 14.1. The molecular formula is C14H13N3O2S. The normalized spacial score (nSPS) is 10.8. The third-order valence-corrected chi connectivity index (χ3v) is 3.76. The van der Waals surface area contributed by atoms with E-state index in [2.05, 4.69) is 4.98 Å². The molecule has 0 bridgehead atoms. The van der Waals surface area contributed by atoms with Gasteiger partial charge in [0.05, 0.1) is 6.61 Å². The van der Waals surface area contributed by atoms with Crippen LogP contribution in [-0.4, -0.2) is 22.0 Å². The largest absolute Gasteiger partial charge is 0.461 e. The number of carbonyl (C=O) groups excluding carboxylic acids is 1. The van der Waals surface area contributed by atoms with Gasteiger partial charge in [-0.2, -0.15) is 0 Å². The monoisotopic (exact) mass is 287 g/mol. The van der Waals surface area contributed by atoms with Gasteiger partial charge in [0.1, 0.15) is 17.2 Å². The fourth-order valence-electron chi connectivity index (χ4n) is 2.04. The number of ether oxygens (including phenoxy) is 1. The number of rotatable bonds is 3. The first-order chi connectivity index (χ1) is 9.72. The second-order valence-corrected chi connectivity index (χ2v) is 5.01. The first kappa shape index (κ1) is 12.7. The number of fused-ring (bicyclic) bond motifs is 1. The second-order valence-electron chi connectivity index (χ2n) is 4.17. The van der Waals surface area contributed by atoms with Gasteiger partial charge in [-0.15, -0.1) is 11.3 Å². The van der Waals surface area contributed by atoms with Crippen molar-refractivity contribution in [2.45, 2.75) is 6.92 Å². The quantitative estimate of drug-likeness (QED) is 0.752. The van der Waals surface area contributed by atoms with Crippen molar-refractivity contribution in [2.75, 3.05) is 12.3 Å². The van der Waals surface area contributed by atoms with E-state index in [0.29, 0.717) is 28.8 Å². The first-order valence-corrected chi connectivity index (χ1v) is 7.08. The SMILES string of the molecule is CCOC(=O)c1csc2nc(-c3ccccc3)c(N)n12. The van der Waals surface area contributed by atoms with Crippen molar-refractivity contribution in [3.63, 3.8) is 0 Å². The summed E-state index contributed by atoms with van der Waals surface area (Å²) >= 11 is 1.37. The lowest BCUT2D eigenvalue weighted by Gasteiger charge is -2.02. The third-order valence-electron chi connectivity index (χ3n) is 2.93. The Morgan fingerprint density at radius 1 is 1.40 bits per heavy atom. The molecule has 2 N–H and O–H groups in total. The maximum atomic E-state index is 11.9. The van der Waals surface area contributed by atoms with E-state index in [0.717, 1.165) is 5.56 Å². The maximum absolute atomic E-state index is 11.9. The highest BCUT2D eigenvalue weighted by Crippen LogP contribution is 2.30. The van der Waals surface area contributed by atoms with Crippen LogP contribution in [0.25, 0.3) is 16.2 Å². The summed E-state index contributed by atoms with van der Waals surface area (Å²) in [7, 11) is 0. The summed E-state index contributed by atoms with van der Waals surface area (Å²) in [5.74, 6) is 0.0676. The number of nitrogen functional groups attached to an aromatic ring is 1. The molecule has 3 rings (SSSR count). The summed E-state index contributed by atoms with van der Waals surface area (Å²) in [6, 6.07) is 9.66. The molecule has 0 aliphatic carbocycles. The molecule has 5 nitrogen and oxygen atoms in total. The predicted molar refractivity (Wildman–Crippen MR) is 78.9 cm³/mol. The maximum Gasteiger partial charge on any atom is 0.356 e. The van der Waals surface area contributed by atoms with Gasteiger partial charge in [-0.1, -0.05) is 30.3 Å². The molecule has 0 radical (unpaired) electrons. The molecule has 20 heavy (non-hydrogen) atoms. The third kappa shape index (κ3) is 1.94. The van der Waals surface area contributed by atoms with Crippen molar-refractivity contribution >= 4 is 28.1 Å². The van der Waals surface area contributed by atoms with E-state index in [-0.39, 0.29) is 5.97 Å². The van der Waals surface area contributed by atoms with Gasteiger partial charge in [0.25, 0.3) is 0 Å². The van der Waals surface area contributed by atoms with E-state index in [1.54, 1.807) is 16.7 Å². The number of benzene rings is 1. The van der Waals surface area contributed by atoms with E-state index >= 15 is 0 Å². The summed E-state index contributed by atoms with van der Waals surface area (Å²) in [5, 5.41) is 1.71. The minimum absolute atomic E-state index is 0.330. The lowest BCUT2D eigenvalue weighted by atomic mass is 10.1. The van der Waals surface area contributed by atoms with Crippen LogP contribution in [0.4, 0.5) is 5.82 Å². The van der Waals surface area contributed by atoms with Crippen LogP contribution in [0, 0.1) is 0 Å². The molecule has 0 saturated carbocycles. The lowest BCUT2D eigenvalue weighted by molar-refractivity contribution is 0.0519. The smallest absolute Gasteiger partial charge is 0.356 e. The highest BCUT2D eigenvalue weighted by atomic mass is 32.1. The summed E-state index contributed by atoms with van der Waals surface area (Å²) < 4.78 is 6.67. The van der Waals surface area contributed by atoms with Gasteiger partial charge in [-0.3, -0.25) is 4.40 Å². The number of anilines is 1. The van der Waals surface area contributed by atoms with E-state index < -0.39 is 0 Å². The van der Waals surface area contributed by atoms with E-state index in [1.165, 1.54) is 11.3 Å². The molecule has 0 fully saturated rings. The fraction of sp³-hybridized carbons (Fsp3) is 0.143. The van der Waals surface area contributed by atoms with Crippen LogP contribution >= 0.6 is 11.3 Å². The second kappa shape index (κ2) is 4.97. The molecule has 1 aromatic carbocycles. The number of thiazole rings is 1. The molecule has 0 saturated heterocycles. The Hall–Kier alpha value is -2.34. The summed E-state index contributed by atoms with van der Waals surface area (Å²) in [6.45, 7) is 2.10. The number of aromatic nitrogens is 2. The predicted octanol–water partition coefficient (Wildman–Crippen LogP) is 2.82. The number of nitrogens with zero attached hydrogens (tertiary/aromatic N) is 2. The van der Waals surface area contributed by atoms with Crippen LogP contribution in [-0.2, 0) is 4.74 Å². The minimum atomic E-state index is -0.387.